The van der Waals surface area contributed by atoms with E-state index in [1.165, 1.54) is 0 Å². The molecule has 0 atom stereocenters. The minimum absolute atomic E-state index is 0. The predicted molar refractivity (Wildman–Crippen MR) is 22.1 cm³/mol. The molecular weight excluding hydrogens is 225 g/mol. The molecule has 0 unspecified atom stereocenters. The van der Waals surface area contributed by atoms with E-state index >= 15 is 0 Å². The number of phosphoric acid groups is 1. The molecule has 0 aliphatic carbocycles. The second-order valence-electron chi connectivity index (χ2n) is 0.513. The summed E-state index contributed by atoms with van der Waals surface area (Å²) in [6, 6.07) is 0. The van der Waals surface area contributed by atoms with E-state index in [1.54, 1.807) is 0 Å². The van der Waals surface area contributed by atoms with Gasteiger partial charge in [0.2, 0.25) is 0 Å². The van der Waals surface area contributed by atoms with Crippen LogP contribution in [0.2, 0.25) is 0 Å². The molecule has 8 heavy (non-hydrogen) atoms. The first kappa shape index (κ1) is 16.4. The number of hydrogen-bond donors (Lipinski definition) is 3. The molecule has 0 aromatic rings. The van der Waals surface area contributed by atoms with E-state index in [-0.39, 0.29) is 29.6 Å². The number of rotatable bonds is 0. The summed E-state index contributed by atoms with van der Waals surface area (Å²) in [6.07, 6.45) is 0. The van der Waals surface area contributed by atoms with E-state index < -0.39 is 7.82 Å². The average molecular weight is 229 g/mol. The molecule has 5 nitrogen and oxygen atoms in total. The van der Waals surface area contributed by atoms with Gasteiger partial charge in [0, 0.05) is 0 Å². The summed E-state index contributed by atoms with van der Waals surface area (Å²) in [7, 11) is -4.64. The van der Waals surface area contributed by atoms with Gasteiger partial charge < -0.3 is 14.7 Å². The van der Waals surface area contributed by atoms with E-state index in [4.69, 9.17) is 22.1 Å². The first-order valence-corrected chi connectivity index (χ1v) is 3.56. The molecule has 0 saturated heterocycles. The average Bonchev–Trinajstić information content (AvgIpc) is 1.36. The zero-order chi connectivity index (χ0) is 6.50. The van der Waals surface area contributed by atoms with Crippen LogP contribution in [0.5, 0.6) is 0 Å². The van der Waals surface area contributed by atoms with Crippen molar-refractivity contribution in [1.29, 1.82) is 0 Å². The van der Waals surface area contributed by atoms with Crippen LogP contribution in [-0.4, -0.2) is 44.2 Å². The van der Waals surface area contributed by atoms with Gasteiger partial charge in [-0.3, -0.25) is 0 Å². The molecule has 0 radical (unpaired) electrons. The summed E-state index contributed by atoms with van der Waals surface area (Å²) in [5.41, 5.74) is 0. The van der Waals surface area contributed by atoms with Crippen molar-refractivity contribution in [1.82, 2.24) is 0 Å². The second-order valence-corrected chi connectivity index (χ2v) is 1.54. The van der Waals surface area contributed by atoms with E-state index in [9.17, 15) is 0 Å². The molecule has 0 saturated carbocycles. The molecular formula is H4NaO5PZr. The monoisotopic (exact) mass is 228 g/mol. The molecule has 0 bridgehead atoms. The van der Waals surface area contributed by atoms with Crippen molar-refractivity contribution in [2.75, 3.05) is 0 Å². The zero-order valence-electron chi connectivity index (χ0n) is 3.11. The molecule has 0 rings (SSSR count). The third-order valence-electron chi connectivity index (χ3n) is 0. The zero-order valence-corrected chi connectivity index (χ0v) is 6.46. The predicted octanol–water partition coefficient (Wildman–Crippen LogP) is -1.70. The topological polar surface area (TPSA) is 94.8 Å². The molecule has 0 spiro atoms. The third-order valence-corrected chi connectivity index (χ3v) is 0. The Bertz CT molecular complexity index is 68.2. The standard InChI is InChI=1S/Na.H3O4P.O.Zr.H/c;1-5(2,3)4;;;/h;(H3,1,2,3,4);;;. The van der Waals surface area contributed by atoms with Crippen LogP contribution < -0.4 is 0 Å². The van der Waals surface area contributed by atoms with Gasteiger partial charge in [-0.15, -0.1) is 0 Å². The summed E-state index contributed by atoms with van der Waals surface area (Å²) in [4.78, 5) is 21.6. The van der Waals surface area contributed by atoms with Crippen molar-refractivity contribution in [2.45, 2.75) is 0 Å². The molecule has 3 N–H and O–H groups in total. The minimum atomic E-state index is -4.64. The molecule has 8 heteroatoms. The van der Waals surface area contributed by atoms with Crippen LogP contribution in [0.3, 0.4) is 0 Å². The quantitative estimate of drug-likeness (QED) is 0.340. The van der Waals surface area contributed by atoms with Crippen LogP contribution in [-0.2, 0) is 32.1 Å². The Morgan fingerprint density at radius 1 is 1.12 bits per heavy atom. The summed E-state index contributed by atoms with van der Waals surface area (Å²) >= 11 is 0.300. The first-order valence-electron chi connectivity index (χ1n) is 0.987. The third kappa shape index (κ3) is 112. The normalized spacial score (nSPS) is 7.75. The Morgan fingerprint density at radius 3 is 1.12 bits per heavy atom. The van der Waals surface area contributed by atoms with Crippen molar-refractivity contribution in [3.63, 3.8) is 0 Å². The molecule has 0 fully saturated rings. The summed E-state index contributed by atoms with van der Waals surface area (Å²) in [6.45, 7) is 0. The van der Waals surface area contributed by atoms with Gasteiger partial charge in [0.05, 0.1) is 0 Å². The van der Waals surface area contributed by atoms with Crippen molar-refractivity contribution in [3.8, 4) is 0 Å². The van der Waals surface area contributed by atoms with Gasteiger partial charge in [-0.25, -0.2) is 4.57 Å². The number of hydrogen-bond acceptors (Lipinski definition) is 2. The van der Waals surface area contributed by atoms with Gasteiger partial charge >= 0.3 is 64.9 Å². The Labute approximate surface area is 83.3 Å². The van der Waals surface area contributed by atoms with Gasteiger partial charge in [0.25, 0.3) is 0 Å². The SMILES string of the molecule is O=P(O)(O)O.[NaH].[O]=[Zr]. The molecule has 0 heterocycles. The Kier molecular flexibility index (Phi) is 18.0. The molecule has 0 aliphatic rings. The van der Waals surface area contributed by atoms with E-state index in [1.807, 2.05) is 0 Å². The molecule has 0 aliphatic heterocycles. The van der Waals surface area contributed by atoms with Crippen molar-refractivity contribution in [2.24, 2.45) is 0 Å². The second kappa shape index (κ2) is 8.79. The van der Waals surface area contributed by atoms with Gasteiger partial charge in [0.1, 0.15) is 0 Å². The van der Waals surface area contributed by atoms with Crippen LogP contribution in [0, 0.1) is 0 Å². The van der Waals surface area contributed by atoms with Gasteiger partial charge in [-0.05, 0) is 0 Å². The Hall–Kier alpha value is 1.79. The van der Waals surface area contributed by atoms with Crippen LogP contribution in [0.4, 0.5) is 0 Å². The fraction of sp³-hybridized carbons (Fsp3) is 0. The maximum absolute atomic E-state index is 8.88. The molecule has 44 valence electrons. The summed E-state index contributed by atoms with van der Waals surface area (Å²) < 4.78 is 17.2. The van der Waals surface area contributed by atoms with Crippen LogP contribution >= 0.6 is 7.82 Å². The van der Waals surface area contributed by atoms with E-state index in [2.05, 4.69) is 0 Å². The van der Waals surface area contributed by atoms with Gasteiger partial charge in [0.15, 0.2) is 0 Å². The Morgan fingerprint density at radius 2 is 1.12 bits per heavy atom. The van der Waals surface area contributed by atoms with Crippen LogP contribution in [0.25, 0.3) is 0 Å². The van der Waals surface area contributed by atoms with Crippen LogP contribution in [0.15, 0.2) is 0 Å². The fourth-order valence-corrected chi connectivity index (χ4v) is 0. The summed E-state index contributed by atoms with van der Waals surface area (Å²) in [5.74, 6) is 0. The van der Waals surface area contributed by atoms with Crippen LogP contribution in [0.1, 0.15) is 0 Å². The van der Waals surface area contributed by atoms with E-state index in [0.29, 0.717) is 24.7 Å². The van der Waals surface area contributed by atoms with Gasteiger partial charge in [-0.2, -0.15) is 0 Å². The summed E-state index contributed by atoms with van der Waals surface area (Å²) in [5, 5.41) is 0. The molecule has 0 aromatic carbocycles. The molecule has 0 aromatic heterocycles. The first-order chi connectivity index (χ1) is 3.00. The Balaban J connectivity index is -0.0000000750. The van der Waals surface area contributed by atoms with E-state index in [0.717, 1.165) is 0 Å². The molecule has 0 amide bonds. The van der Waals surface area contributed by atoms with Gasteiger partial charge in [-0.1, -0.05) is 0 Å². The fourth-order valence-electron chi connectivity index (χ4n) is 0. The van der Waals surface area contributed by atoms with Crippen molar-refractivity contribution < 1.29 is 46.8 Å². The van der Waals surface area contributed by atoms with Crippen molar-refractivity contribution in [3.05, 3.63) is 0 Å². The van der Waals surface area contributed by atoms with Crippen molar-refractivity contribution >= 4 is 37.4 Å². The maximum atomic E-state index is 8.88.